The smallest absolute Gasteiger partial charge is 0.272 e. The zero-order valence-electron chi connectivity index (χ0n) is 18.6. The topological polar surface area (TPSA) is 68.1 Å². The first-order valence-electron chi connectivity index (χ1n) is 11.4. The van der Waals surface area contributed by atoms with Gasteiger partial charge in [-0.25, -0.2) is 9.97 Å². The summed E-state index contributed by atoms with van der Waals surface area (Å²) in [6, 6.07) is 14.0. The highest BCUT2D eigenvalue weighted by atomic mass is 32.2. The Bertz CT molecular complexity index is 1340. The fraction of sp³-hybridized carbons (Fsp3) is 0.360. The number of likely N-dealkylation sites (tertiary alicyclic amines) is 1. The number of thiophene rings is 1. The van der Waals surface area contributed by atoms with E-state index in [1.807, 2.05) is 35.2 Å². The molecule has 0 saturated carbocycles. The van der Waals surface area contributed by atoms with Gasteiger partial charge in [-0.15, -0.1) is 11.3 Å². The highest BCUT2D eigenvalue weighted by molar-refractivity contribution is 7.99. The third-order valence-corrected chi connectivity index (χ3v) is 8.23. The zero-order valence-corrected chi connectivity index (χ0v) is 20.2. The molecule has 4 aromatic rings. The Balaban J connectivity index is 1.52. The maximum atomic E-state index is 13.6. The van der Waals surface area contributed by atoms with Gasteiger partial charge in [0.25, 0.3) is 5.56 Å². The standard InChI is InChI=1S/C25H26N4O2S2/c1-17(18-9-4-2-5-10-18)15-29-24(31)22-21(19-11-8-12-26-23(19)33-22)27-25(29)32-16-20(30)28-13-6-3-7-14-28/h2,4-5,8-12,17H,3,6-7,13-16H2,1H3/t17-/m1/s1. The molecule has 8 heteroatoms. The minimum absolute atomic E-state index is 0.0568. The van der Waals surface area contributed by atoms with Crippen molar-refractivity contribution in [3.8, 4) is 0 Å². The molecule has 3 aromatic heterocycles. The van der Waals surface area contributed by atoms with E-state index in [4.69, 9.17) is 4.98 Å². The number of aromatic nitrogens is 3. The Morgan fingerprint density at radius 1 is 1.12 bits per heavy atom. The maximum absolute atomic E-state index is 13.6. The van der Waals surface area contributed by atoms with Crippen LogP contribution >= 0.6 is 23.1 Å². The summed E-state index contributed by atoms with van der Waals surface area (Å²) in [6.45, 7) is 4.27. The highest BCUT2D eigenvalue weighted by Gasteiger charge is 2.21. The number of hydrogen-bond acceptors (Lipinski definition) is 6. The van der Waals surface area contributed by atoms with Crippen molar-refractivity contribution in [3.63, 3.8) is 0 Å². The Labute approximate surface area is 200 Å². The average molecular weight is 479 g/mol. The van der Waals surface area contributed by atoms with Crippen molar-refractivity contribution in [1.29, 1.82) is 0 Å². The number of amides is 1. The summed E-state index contributed by atoms with van der Waals surface area (Å²) in [5, 5.41) is 1.49. The average Bonchev–Trinajstić information content (AvgIpc) is 3.24. The molecule has 5 rings (SSSR count). The number of carbonyl (C=O) groups excluding carboxylic acids is 1. The normalized spacial score (nSPS) is 15.2. The lowest BCUT2D eigenvalue weighted by Crippen LogP contribution is -2.37. The third kappa shape index (κ3) is 4.54. The van der Waals surface area contributed by atoms with E-state index in [0.717, 1.165) is 36.1 Å². The molecular weight excluding hydrogens is 452 g/mol. The number of thioether (sulfide) groups is 1. The van der Waals surface area contributed by atoms with Crippen LogP contribution < -0.4 is 5.56 Å². The third-order valence-electron chi connectivity index (χ3n) is 6.18. The second kappa shape index (κ2) is 9.65. The van der Waals surface area contributed by atoms with E-state index >= 15 is 0 Å². The predicted molar refractivity (Wildman–Crippen MR) is 135 cm³/mol. The van der Waals surface area contributed by atoms with E-state index in [1.54, 1.807) is 10.8 Å². The lowest BCUT2D eigenvalue weighted by Gasteiger charge is -2.26. The first kappa shape index (κ1) is 22.1. The molecule has 1 saturated heterocycles. The van der Waals surface area contributed by atoms with E-state index < -0.39 is 0 Å². The molecule has 1 fully saturated rings. The van der Waals surface area contributed by atoms with Crippen LogP contribution in [0.15, 0.2) is 58.6 Å². The molecule has 0 bridgehead atoms. The number of nitrogens with zero attached hydrogens (tertiary/aromatic N) is 4. The van der Waals surface area contributed by atoms with Crippen LogP contribution in [0.2, 0.25) is 0 Å². The maximum Gasteiger partial charge on any atom is 0.272 e. The number of fused-ring (bicyclic) bond motifs is 3. The van der Waals surface area contributed by atoms with E-state index in [1.165, 1.54) is 35.1 Å². The molecule has 1 aromatic carbocycles. The molecule has 0 unspecified atom stereocenters. The van der Waals surface area contributed by atoms with E-state index in [-0.39, 0.29) is 23.1 Å². The minimum atomic E-state index is -0.0568. The molecule has 1 amide bonds. The molecule has 4 heterocycles. The van der Waals surface area contributed by atoms with Crippen LogP contribution in [0, 0.1) is 0 Å². The molecule has 1 atom stereocenters. The van der Waals surface area contributed by atoms with Gasteiger partial charge in [-0.3, -0.25) is 14.2 Å². The summed E-state index contributed by atoms with van der Waals surface area (Å²) >= 11 is 2.76. The first-order chi connectivity index (χ1) is 16.1. The first-order valence-corrected chi connectivity index (χ1v) is 13.2. The van der Waals surface area contributed by atoms with Crippen molar-refractivity contribution in [2.75, 3.05) is 18.8 Å². The monoisotopic (exact) mass is 478 g/mol. The van der Waals surface area contributed by atoms with Crippen LogP contribution in [0.3, 0.4) is 0 Å². The van der Waals surface area contributed by atoms with Gasteiger partial charge in [-0.1, -0.05) is 49.0 Å². The Hall–Kier alpha value is -2.71. The van der Waals surface area contributed by atoms with Crippen molar-refractivity contribution in [3.05, 3.63) is 64.6 Å². The fourth-order valence-corrected chi connectivity index (χ4v) is 6.27. The number of carbonyl (C=O) groups is 1. The van der Waals surface area contributed by atoms with Gasteiger partial charge in [0, 0.05) is 31.2 Å². The number of hydrogen-bond donors (Lipinski definition) is 0. The fourth-order valence-electron chi connectivity index (χ4n) is 4.33. The van der Waals surface area contributed by atoms with Gasteiger partial charge in [0.05, 0.1) is 11.3 Å². The van der Waals surface area contributed by atoms with Crippen molar-refractivity contribution in [2.45, 2.75) is 43.8 Å². The summed E-state index contributed by atoms with van der Waals surface area (Å²) in [5.41, 5.74) is 1.80. The van der Waals surface area contributed by atoms with Gasteiger partial charge in [-0.2, -0.15) is 0 Å². The van der Waals surface area contributed by atoms with Gasteiger partial charge in [-0.05, 0) is 42.9 Å². The Morgan fingerprint density at radius 3 is 2.70 bits per heavy atom. The molecule has 0 aliphatic carbocycles. The molecule has 170 valence electrons. The number of rotatable bonds is 6. The van der Waals surface area contributed by atoms with Crippen LogP contribution in [-0.4, -0.2) is 44.2 Å². The quantitative estimate of drug-likeness (QED) is 0.291. The summed E-state index contributed by atoms with van der Waals surface area (Å²) in [5.74, 6) is 0.541. The van der Waals surface area contributed by atoms with E-state index in [2.05, 4.69) is 24.0 Å². The van der Waals surface area contributed by atoms with Crippen molar-refractivity contribution >= 4 is 49.4 Å². The van der Waals surface area contributed by atoms with Gasteiger partial charge in [0.1, 0.15) is 9.53 Å². The van der Waals surface area contributed by atoms with Crippen LogP contribution in [0.5, 0.6) is 0 Å². The van der Waals surface area contributed by atoms with Crippen molar-refractivity contribution in [1.82, 2.24) is 19.4 Å². The summed E-state index contributed by atoms with van der Waals surface area (Å²) in [4.78, 5) is 38.5. The van der Waals surface area contributed by atoms with Crippen molar-refractivity contribution < 1.29 is 4.79 Å². The minimum Gasteiger partial charge on any atom is -0.342 e. The number of benzene rings is 1. The highest BCUT2D eigenvalue weighted by Crippen LogP contribution is 2.31. The lowest BCUT2D eigenvalue weighted by molar-refractivity contribution is -0.129. The van der Waals surface area contributed by atoms with Gasteiger partial charge in [0.15, 0.2) is 5.16 Å². The zero-order chi connectivity index (χ0) is 22.8. The van der Waals surface area contributed by atoms with Gasteiger partial charge < -0.3 is 4.90 Å². The Kier molecular flexibility index (Phi) is 6.46. The van der Waals surface area contributed by atoms with Crippen LogP contribution in [0.1, 0.15) is 37.7 Å². The molecular formula is C25H26N4O2S2. The summed E-state index contributed by atoms with van der Waals surface area (Å²) in [6.07, 6.45) is 5.05. The summed E-state index contributed by atoms with van der Waals surface area (Å²) in [7, 11) is 0. The van der Waals surface area contributed by atoms with E-state index in [9.17, 15) is 9.59 Å². The second-order valence-corrected chi connectivity index (χ2v) is 10.4. The van der Waals surface area contributed by atoms with Crippen molar-refractivity contribution in [2.24, 2.45) is 0 Å². The molecule has 1 aliphatic rings. The van der Waals surface area contributed by atoms with Crippen LogP contribution in [0.4, 0.5) is 0 Å². The molecule has 33 heavy (non-hydrogen) atoms. The number of piperidine rings is 1. The van der Waals surface area contributed by atoms with Crippen LogP contribution in [-0.2, 0) is 11.3 Å². The van der Waals surface area contributed by atoms with Gasteiger partial charge in [0.2, 0.25) is 5.91 Å². The second-order valence-electron chi connectivity index (χ2n) is 8.49. The lowest BCUT2D eigenvalue weighted by atomic mass is 10.0. The molecule has 0 radical (unpaired) electrons. The Morgan fingerprint density at radius 2 is 1.91 bits per heavy atom. The van der Waals surface area contributed by atoms with E-state index in [0.29, 0.717) is 21.9 Å². The number of pyridine rings is 1. The largest absolute Gasteiger partial charge is 0.342 e. The van der Waals surface area contributed by atoms with Crippen LogP contribution in [0.25, 0.3) is 20.4 Å². The molecule has 6 nitrogen and oxygen atoms in total. The molecule has 0 N–H and O–H groups in total. The SMILES string of the molecule is C[C@H](Cn1c(SCC(=O)N2CCCCC2)nc2c(sc3ncccc32)c1=O)c1ccccc1. The van der Waals surface area contributed by atoms with Gasteiger partial charge >= 0.3 is 0 Å². The molecule has 0 spiro atoms. The predicted octanol–water partition coefficient (Wildman–Crippen LogP) is 4.91. The summed E-state index contributed by atoms with van der Waals surface area (Å²) < 4.78 is 2.37. The molecule has 1 aliphatic heterocycles.